The normalized spacial score (nSPS) is 12.2. The summed E-state index contributed by atoms with van der Waals surface area (Å²) in [5.74, 6) is 1.17. The molecule has 1 aromatic heterocycles. The Morgan fingerprint density at radius 1 is 1.20 bits per heavy atom. The Morgan fingerprint density at radius 2 is 1.90 bits per heavy atom. The molecule has 0 aliphatic heterocycles. The van der Waals surface area contributed by atoms with Crippen molar-refractivity contribution in [2.45, 2.75) is 58.9 Å². The van der Waals surface area contributed by atoms with Gasteiger partial charge in [-0.1, -0.05) is 26.8 Å². The summed E-state index contributed by atoms with van der Waals surface area (Å²) in [6, 6.07) is 6.54. The van der Waals surface area contributed by atoms with Crippen LogP contribution in [0.2, 0.25) is 0 Å². The highest BCUT2D eigenvalue weighted by atomic mass is 15.1. The lowest BCUT2D eigenvalue weighted by molar-refractivity contribution is 0.366. The molecule has 2 aromatic rings. The smallest absolute Gasteiger partial charge is 0.117 e. The molecule has 3 heteroatoms. The molecule has 0 spiro atoms. The molecule has 0 saturated heterocycles. The molecule has 3 nitrogen and oxygen atoms in total. The van der Waals surface area contributed by atoms with Crippen LogP contribution >= 0.6 is 0 Å². The van der Waals surface area contributed by atoms with Crippen LogP contribution in [-0.2, 0) is 12.0 Å². The molecule has 0 amide bonds. The van der Waals surface area contributed by atoms with Crippen LogP contribution in [0.15, 0.2) is 18.2 Å². The summed E-state index contributed by atoms with van der Waals surface area (Å²) >= 11 is 0. The molecular formula is C17H27N3. The molecular weight excluding hydrogens is 246 g/mol. The lowest BCUT2D eigenvalue weighted by atomic mass is 9.81. The monoisotopic (exact) mass is 273 g/mol. The van der Waals surface area contributed by atoms with Gasteiger partial charge in [-0.25, -0.2) is 4.98 Å². The van der Waals surface area contributed by atoms with Crippen molar-refractivity contribution in [3.63, 3.8) is 0 Å². The molecule has 0 saturated carbocycles. The van der Waals surface area contributed by atoms with Gasteiger partial charge in [0.2, 0.25) is 0 Å². The van der Waals surface area contributed by atoms with Gasteiger partial charge in [-0.3, -0.25) is 0 Å². The first kappa shape index (κ1) is 15.0. The predicted molar refractivity (Wildman–Crippen MR) is 86.1 cm³/mol. The van der Waals surface area contributed by atoms with E-state index in [0.29, 0.717) is 6.54 Å². The predicted octanol–water partition coefficient (Wildman–Crippen LogP) is 3.77. The van der Waals surface area contributed by atoms with Crippen molar-refractivity contribution in [1.29, 1.82) is 0 Å². The fraction of sp³-hybridized carbons (Fsp3) is 0.588. The number of aromatic nitrogens is 2. The first-order chi connectivity index (χ1) is 9.61. The Balaban J connectivity index is 2.70. The lowest BCUT2D eigenvalue weighted by Crippen LogP contribution is -2.36. The second kappa shape index (κ2) is 5.96. The van der Waals surface area contributed by atoms with Gasteiger partial charge in [0.05, 0.1) is 11.0 Å². The highest BCUT2D eigenvalue weighted by molar-refractivity contribution is 5.77. The van der Waals surface area contributed by atoms with Crippen LogP contribution < -0.4 is 5.73 Å². The minimum absolute atomic E-state index is 0.00208. The SMILES string of the molecule is CCCn1c(C(CC)(CC)CN)nc2cc(C)ccc21. The molecule has 0 atom stereocenters. The molecule has 0 fully saturated rings. The van der Waals surface area contributed by atoms with E-state index in [0.717, 1.165) is 31.3 Å². The maximum Gasteiger partial charge on any atom is 0.117 e. The fourth-order valence-electron chi connectivity index (χ4n) is 3.04. The first-order valence-electron chi connectivity index (χ1n) is 7.79. The number of fused-ring (bicyclic) bond motifs is 1. The van der Waals surface area contributed by atoms with E-state index in [-0.39, 0.29) is 5.41 Å². The molecule has 2 N–H and O–H groups in total. The minimum atomic E-state index is 0.00208. The van der Waals surface area contributed by atoms with E-state index >= 15 is 0 Å². The molecule has 110 valence electrons. The molecule has 1 heterocycles. The Kier molecular flexibility index (Phi) is 4.48. The zero-order valence-corrected chi connectivity index (χ0v) is 13.2. The number of hydrogen-bond donors (Lipinski definition) is 1. The van der Waals surface area contributed by atoms with Gasteiger partial charge in [0.25, 0.3) is 0 Å². The maximum atomic E-state index is 6.12. The molecule has 1 aromatic carbocycles. The van der Waals surface area contributed by atoms with Crippen molar-refractivity contribution >= 4 is 11.0 Å². The fourth-order valence-corrected chi connectivity index (χ4v) is 3.04. The number of benzene rings is 1. The van der Waals surface area contributed by atoms with Crippen LogP contribution in [0.1, 0.15) is 51.4 Å². The summed E-state index contributed by atoms with van der Waals surface area (Å²) in [5, 5.41) is 0. The van der Waals surface area contributed by atoms with Gasteiger partial charge in [-0.15, -0.1) is 0 Å². The van der Waals surface area contributed by atoms with Crippen molar-refractivity contribution in [2.24, 2.45) is 5.73 Å². The molecule has 20 heavy (non-hydrogen) atoms. The van der Waals surface area contributed by atoms with E-state index in [9.17, 15) is 0 Å². The van der Waals surface area contributed by atoms with Gasteiger partial charge in [0, 0.05) is 18.5 Å². The van der Waals surface area contributed by atoms with E-state index in [4.69, 9.17) is 10.7 Å². The largest absolute Gasteiger partial charge is 0.329 e. The number of aryl methyl sites for hydroxylation is 2. The Hall–Kier alpha value is -1.35. The van der Waals surface area contributed by atoms with E-state index in [2.05, 4.69) is 50.5 Å². The van der Waals surface area contributed by atoms with E-state index in [1.165, 1.54) is 16.9 Å². The average Bonchev–Trinajstić information content (AvgIpc) is 2.81. The van der Waals surface area contributed by atoms with E-state index < -0.39 is 0 Å². The first-order valence-corrected chi connectivity index (χ1v) is 7.79. The van der Waals surface area contributed by atoms with Crippen molar-refractivity contribution < 1.29 is 0 Å². The number of imidazole rings is 1. The summed E-state index contributed by atoms with van der Waals surface area (Å²) in [4.78, 5) is 4.96. The summed E-state index contributed by atoms with van der Waals surface area (Å²) < 4.78 is 2.38. The summed E-state index contributed by atoms with van der Waals surface area (Å²) in [7, 11) is 0. The van der Waals surface area contributed by atoms with Gasteiger partial charge in [-0.05, 0) is 43.9 Å². The molecule has 0 bridgehead atoms. The van der Waals surface area contributed by atoms with Crippen LogP contribution in [0.4, 0.5) is 0 Å². The van der Waals surface area contributed by atoms with Crippen LogP contribution in [0, 0.1) is 6.92 Å². The molecule has 0 radical (unpaired) electrons. The van der Waals surface area contributed by atoms with Crippen molar-refractivity contribution in [3.05, 3.63) is 29.6 Å². The highest BCUT2D eigenvalue weighted by Gasteiger charge is 2.32. The van der Waals surface area contributed by atoms with Gasteiger partial charge < -0.3 is 10.3 Å². The van der Waals surface area contributed by atoms with E-state index in [1.54, 1.807) is 0 Å². The maximum absolute atomic E-state index is 6.12. The standard InChI is InChI=1S/C17H27N3/c1-5-10-20-15-9-8-13(4)11-14(15)19-16(20)17(6-2,7-3)12-18/h8-9,11H,5-7,10,12,18H2,1-4H3. The third kappa shape index (κ3) is 2.35. The summed E-state index contributed by atoms with van der Waals surface area (Å²) in [6.07, 6.45) is 3.18. The molecule has 0 unspecified atom stereocenters. The van der Waals surface area contributed by atoms with Gasteiger partial charge in [0.1, 0.15) is 5.82 Å². The highest BCUT2D eigenvalue weighted by Crippen LogP contribution is 2.33. The number of nitrogens with two attached hydrogens (primary N) is 1. The van der Waals surface area contributed by atoms with Gasteiger partial charge in [-0.2, -0.15) is 0 Å². The number of nitrogens with zero attached hydrogens (tertiary/aromatic N) is 2. The number of hydrogen-bond acceptors (Lipinski definition) is 2. The Labute approximate surface area is 122 Å². The van der Waals surface area contributed by atoms with Gasteiger partial charge in [0.15, 0.2) is 0 Å². The lowest BCUT2D eigenvalue weighted by Gasteiger charge is -2.30. The Bertz CT molecular complexity index is 571. The summed E-state index contributed by atoms with van der Waals surface area (Å²) in [6.45, 7) is 10.4. The second-order valence-corrected chi connectivity index (χ2v) is 5.77. The molecule has 0 aliphatic carbocycles. The Morgan fingerprint density at radius 3 is 2.45 bits per heavy atom. The zero-order valence-electron chi connectivity index (χ0n) is 13.2. The van der Waals surface area contributed by atoms with Gasteiger partial charge >= 0.3 is 0 Å². The van der Waals surface area contributed by atoms with Crippen LogP contribution in [0.25, 0.3) is 11.0 Å². The quantitative estimate of drug-likeness (QED) is 0.870. The second-order valence-electron chi connectivity index (χ2n) is 5.77. The summed E-state index contributed by atoms with van der Waals surface area (Å²) in [5.41, 5.74) is 9.73. The average molecular weight is 273 g/mol. The number of rotatable bonds is 6. The zero-order chi connectivity index (χ0) is 14.8. The minimum Gasteiger partial charge on any atom is -0.329 e. The molecule has 0 aliphatic rings. The van der Waals surface area contributed by atoms with Crippen LogP contribution in [0.5, 0.6) is 0 Å². The van der Waals surface area contributed by atoms with Crippen LogP contribution in [-0.4, -0.2) is 16.1 Å². The molecule has 2 rings (SSSR count). The topological polar surface area (TPSA) is 43.8 Å². The van der Waals surface area contributed by atoms with E-state index in [1.807, 2.05) is 0 Å². The van der Waals surface area contributed by atoms with Crippen molar-refractivity contribution in [3.8, 4) is 0 Å². The van der Waals surface area contributed by atoms with Crippen molar-refractivity contribution in [1.82, 2.24) is 9.55 Å². The third-order valence-electron chi connectivity index (χ3n) is 4.57. The third-order valence-corrected chi connectivity index (χ3v) is 4.57. The van der Waals surface area contributed by atoms with Crippen LogP contribution in [0.3, 0.4) is 0 Å². The van der Waals surface area contributed by atoms with Crippen molar-refractivity contribution in [2.75, 3.05) is 6.54 Å².